The monoisotopic (exact) mass is 1280 g/mol. The number of hydrogen-bond donors (Lipinski definition) is 0. The van der Waals surface area contributed by atoms with Gasteiger partial charge in [-0.25, -0.2) is 0 Å². The van der Waals surface area contributed by atoms with Gasteiger partial charge in [0.15, 0.2) is 0 Å². The Balaban J connectivity index is 0.00000146. The fourth-order valence-electron chi connectivity index (χ4n) is 11.4. The van der Waals surface area contributed by atoms with Crippen LogP contribution < -0.4 is 0 Å². The minimum absolute atomic E-state index is 0.00108. The first-order valence-corrected chi connectivity index (χ1v) is 39.3. The van der Waals surface area contributed by atoms with E-state index in [1.165, 1.54) is 244 Å². The molecule has 0 aromatic carbocycles. The van der Waals surface area contributed by atoms with Crippen LogP contribution in [0.5, 0.6) is 0 Å². The van der Waals surface area contributed by atoms with Crippen LogP contribution in [0, 0.1) is 59.2 Å². The molecular weight excluding hydrogens is 1140 g/mol. The zero-order chi connectivity index (χ0) is 66.3. The van der Waals surface area contributed by atoms with E-state index in [2.05, 4.69) is 59.2 Å². The molecule has 0 radical (unpaired) electrons. The number of rotatable bonds is 17. The van der Waals surface area contributed by atoms with Gasteiger partial charge in [0.05, 0.1) is 26.4 Å². The second kappa shape index (κ2) is 79.1. The van der Waals surface area contributed by atoms with Gasteiger partial charge >= 0.3 is 23.9 Å². The average Bonchev–Trinajstić information content (AvgIpc) is 3.57. The number of carbonyl (C=O) groups excluding carboxylic acids is 4. The predicted molar refractivity (Wildman–Crippen MR) is 390 cm³/mol. The van der Waals surface area contributed by atoms with Crippen molar-refractivity contribution < 1.29 is 38.1 Å². The summed E-state index contributed by atoms with van der Waals surface area (Å²) in [4.78, 5) is 47.1. The number of carbonyl (C=O) groups is 4. The molecule has 0 saturated carbocycles. The summed E-state index contributed by atoms with van der Waals surface area (Å²) in [5, 5.41) is 0. The molecule has 0 fully saturated rings. The second-order valence-corrected chi connectivity index (χ2v) is 26.2. The molecule has 2 rings (SSSR count). The van der Waals surface area contributed by atoms with Crippen molar-refractivity contribution in [3.05, 3.63) is 0 Å². The molecule has 8 heteroatoms. The Morgan fingerprint density at radius 2 is 0.533 bits per heavy atom. The molecule has 0 aromatic rings. The van der Waals surface area contributed by atoms with Crippen molar-refractivity contribution in [3.63, 3.8) is 0 Å². The van der Waals surface area contributed by atoms with Gasteiger partial charge in [0.1, 0.15) is 0 Å². The highest BCUT2D eigenvalue weighted by Crippen LogP contribution is 2.17. The molecule has 0 spiro atoms. The van der Waals surface area contributed by atoms with Crippen LogP contribution in [0.1, 0.15) is 425 Å². The lowest BCUT2D eigenvalue weighted by molar-refractivity contribution is -0.144. The van der Waals surface area contributed by atoms with Crippen LogP contribution in [-0.2, 0) is 38.1 Å². The van der Waals surface area contributed by atoms with Gasteiger partial charge in [-0.2, -0.15) is 0 Å². The molecule has 0 bridgehead atoms. The highest BCUT2D eigenvalue weighted by molar-refractivity contribution is 5.70. The number of ether oxygens (including phenoxy) is 4. The summed E-state index contributed by atoms with van der Waals surface area (Å²) in [7, 11) is 0. The fraction of sp³-hybridized carbons (Fsp3) is 0.833. The van der Waals surface area contributed by atoms with Gasteiger partial charge in [-0.15, -0.1) is 59.2 Å². The summed E-state index contributed by atoms with van der Waals surface area (Å²) in [6.07, 6.45) is 72.8. The van der Waals surface area contributed by atoms with E-state index in [1.54, 1.807) is 0 Å². The SMILES string of the molecule is CC#CCCCCCCCCCOC(=O)CCCCCCCCC#CC.O=C1CCCCCCCCC#CCCCCCCCCCO1.O=C1CCCCCCCCC#CCCCCCCCCCOC(=O)CCCCCCCCC#CCCCCCCCCCO1. The first-order chi connectivity index (χ1) is 45.5. The largest absolute Gasteiger partial charge is 0.466 e. The number of unbranched alkanes of at least 4 members (excludes halogenated alkanes) is 13. The van der Waals surface area contributed by atoms with E-state index in [-0.39, 0.29) is 23.9 Å². The molecule has 0 aliphatic carbocycles. The van der Waals surface area contributed by atoms with E-state index < -0.39 is 0 Å². The van der Waals surface area contributed by atoms with Gasteiger partial charge in [-0.05, 0) is 117 Å². The third-order valence-corrected chi connectivity index (χ3v) is 17.3. The molecule has 0 atom stereocenters. The van der Waals surface area contributed by atoms with Crippen LogP contribution in [0.15, 0.2) is 0 Å². The fourth-order valence-corrected chi connectivity index (χ4v) is 11.4. The lowest BCUT2D eigenvalue weighted by atomic mass is 10.1. The molecule has 2 aliphatic heterocycles. The summed E-state index contributed by atoms with van der Waals surface area (Å²) in [5.41, 5.74) is 0. The molecule has 2 aliphatic rings. The minimum Gasteiger partial charge on any atom is -0.466 e. The van der Waals surface area contributed by atoms with Gasteiger partial charge in [-0.1, -0.05) is 231 Å². The van der Waals surface area contributed by atoms with Crippen molar-refractivity contribution in [1.29, 1.82) is 0 Å². The van der Waals surface area contributed by atoms with Gasteiger partial charge in [0, 0.05) is 77.0 Å². The molecule has 8 nitrogen and oxygen atoms in total. The van der Waals surface area contributed by atoms with Gasteiger partial charge < -0.3 is 18.9 Å². The summed E-state index contributed by atoms with van der Waals surface area (Å²) in [6.45, 7) is 6.20. The second-order valence-electron chi connectivity index (χ2n) is 26.2. The van der Waals surface area contributed by atoms with Crippen molar-refractivity contribution >= 4 is 23.9 Å². The maximum atomic E-state index is 11.9. The highest BCUT2D eigenvalue weighted by atomic mass is 16.5. The minimum atomic E-state index is -0.0137. The molecule has 0 amide bonds. The van der Waals surface area contributed by atoms with Crippen molar-refractivity contribution in [3.8, 4) is 59.2 Å². The zero-order valence-corrected chi connectivity index (χ0v) is 60.3. The van der Waals surface area contributed by atoms with Gasteiger partial charge in [0.2, 0.25) is 0 Å². The average molecular weight is 1280 g/mol. The number of hydrogen-bond acceptors (Lipinski definition) is 8. The number of cyclic esters (lactones) is 3. The van der Waals surface area contributed by atoms with E-state index in [0.717, 1.165) is 141 Å². The Morgan fingerprint density at radius 3 is 0.815 bits per heavy atom. The lowest BCUT2D eigenvalue weighted by Gasteiger charge is -2.05. The van der Waals surface area contributed by atoms with Crippen molar-refractivity contribution in [1.82, 2.24) is 0 Å². The Labute approximate surface area is 569 Å². The van der Waals surface area contributed by atoms with Gasteiger partial charge in [0.25, 0.3) is 0 Å². The van der Waals surface area contributed by atoms with E-state index in [9.17, 15) is 19.2 Å². The van der Waals surface area contributed by atoms with E-state index in [1.807, 2.05) is 13.8 Å². The Morgan fingerprint density at radius 1 is 0.304 bits per heavy atom. The normalized spacial score (nSPS) is 18.3. The summed E-state index contributed by atoms with van der Waals surface area (Å²) in [6, 6.07) is 0. The van der Waals surface area contributed by atoms with Crippen LogP contribution in [0.4, 0.5) is 0 Å². The third kappa shape index (κ3) is 78.1. The molecule has 0 N–H and O–H groups in total. The summed E-state index contributed by atoms with van der Waals surface area (Å²) in [5.74, 6) is 32.1. The van der Waals surface area contributed by atoms with E-state index in [4.69, 9.17) is 18.9 Å². The lowest BCUT2D eigenvalue weighted by Crippen LogP contribution is -2.05. The smallest absolute Gasteiger partial charge is 0.305 e. The Bertz CT molecular complexity index is 1900. The molecule has 0 unspecified atom stereocenters. The zero-order valence-electron chi connectivity index (χ0n) is 60.3. The Kier molecular flexibility index (Phi) is 75.4. The van der Waals surface area contributed by atoms with Crippen molar-refractivity contribution in [2.75, 3.05) is 26.4 Å². The first-order valence-electron chi connectivity index (χ1n) is 39.3. The highest BCUT2D eigenvalue weighted by Gasteiger charge is 2.07. The third-order valence-electron chi connectivity index (χ3n) is 17.3. The maximum Gasteiger partial charge on any atom is 0.305 e. The van der Waals surface area contributed by atoms with Crippen LogP contribution in [0.2, 0.25) is 0 Å². The standard InChI is InChI=1S/C40H68O4.C24H40O2.C20H34O2/c41-39-35-31-27-23-19-15-11-7-3-1-5-9-13-17-21-25-29-33-37-43-40(42)36-32-28-24-20-16-12-8-4-2-6-10-14-18-22-26-30-34-38-44-39;1-3-5-7-9-11-13-15-17-19-21-23-26-24(25)22-20-18-16-14-12-10-8-6-4-2;21-20-18-16-14-12-10-8-6-4-2-1-3-5-7-9-11-13-15-17-19-22-20/h5-38H2;7-23H2,1-2H3;3-19H2. The number of esters is 4. The van der Waals surface area contributed by atoms with E-state index in [0.29, 0.717) is 52.1 Å². The summed E-state index contributed by atoms with van der Waals surface area (Å²) >= 11 is 0. The molecule has 2 heterocycles. The predicted octanol–water partition coefficient (Wildman–Crippen LogP) is 24.2. The molecular formula is C84H142O8. The maximum absolute atomic E-state index is 11.9. The molecule has 0 saturated heterocycles. The molecule has 0 aromatic heterocycles. The van der Waals surface area contributed by atoms with Crippen molar-refractivity contribution in [2.45, 2.75) is 425 Å². The van der Waals surface area contributed by atoms with Gasteiger partial charge in [-0.3, -0.25) is 19.2 Å². The van der Waals surface area contributed by atoms with Crippen LogP contribution in [-0.4, -0.2) is 50.3 Å². The van der Waals surface area contributed by atoms with Crippen LogP contribution in [0.25, 0.3) is 0 Å². The molecule has 92 heavy (non-hydrogen) atoms. The molecule has 526 valence electrons. The van der Waals surface area contributed by atoms with Crippen molar-refractivity contribution in [2.24, 2.45) is 0 Å². The summed E-state index contributed by atoms with van der Waals surface area (Å²) < 4.78 is 21.5. The first kappa shape index (κ1) is 87.7. The topological polar surface area (TPSA) is 105 Å². The Hall–Kier alpha value is -4.32. The van der Waals surface area contributed by atoms with E-state index >= 15 is 0 Å². The quantitative estimate of drug-likeness (QED) is 0.0614. The van der Waals surface area contributed by atoms with Crippen LogP contribution in [0.3, 0.4) is 0 Å². The van der Waals surface area contributed by atoms with Crippen LogP contribution >= 0.6 is 0 Å².